The minimum atomic E-state index is -3.51. The summed E-state index contributed by atoms with van der Waals surface area (Å²) in [6, 6.07) is 74.6. The summed E-state index contributed by atoms with van der Waals surface area (Å²) in [5.74, 6) is 0.833. The van der Waals surface area contributed by atoms with Crippen LogP contribution >= 0.6 is 7.14 Å². The van der Waals surface area contributed by atoms with E-state index in [1.807, 2.05) is 36.4 Å². The van der Waals surface area contributed by atoms with Gasteiger partial charge in [-0.25, -0.2) is 4.98 Å². The number of nitrogens with zero attached hydrogens (tertiary/aromatic N) is 2. The lowest BCUT2D eigenvalue weighted by Gasteiger charge is -2.32. The summed E-state index contributed by atoms with van der Waals surface area (Å²) >= 11 is 0. The fraction of sp³-hybridized carbons (Fsp3) is 0. The second kappa shape index (κ2) is 13.1. The van der Waals surface area contributed by atoms with Gasteiger partial charge < -0.3 is 4.57 Å². The maximum Gasteiger partial charge on any atom is 0.175 e. The number of imidazole rings is 1. The van der Waals surface area contributed by atoms with Crippen LogP contribution in [0.5, 0.6) is 0 Å². The van der Waals surface area contributed by atoms with Crippen molar-refractivity contribution < 1.29 is 4.57 Å². The predicted molar refractivity (Wildman–Crippen MR) is 248 cm³/mol. The van der Waals surface area contributed by atoms with Crippen molar-refractivity contribution in [3.63, 3.8) is 0 Å². The van der Waals surface area contributed by atoms with Crippen LogP contribution in [0.2, 0.25) is 0 Å². The third kappa shape index (κ3) is 5.02. The average Bonchev–Trinajstić information content (AvgIpc) is 3.70. The van der Waals surface area contributed by atoms with Crippen molar-refractivity contribution in [2.45, 2.75) is 0 Å². The van der Waals surface area contributed by atoms with Crippen LogP contribution < -0.4 is 15.9 Å². The van der Waals surface area contributed by atoms with Crippen molar-refractivity contribution in [2.75, 3.05) is 0 Å². The SMILES string of the molecule is O=P1(c2ccccc2)c2c(-c3c4ccccc4c(-c4cccc(-c5ccccc5)c4)c4ccccc34)cccc2-n2c(-c3ccc4ccccc4c3)nc3cccc1c32. The van der Waals surface area contributed by atoms with Gasteiger partial charge in [-0.2, -0.15) is 0 Å². The Labute approximate surface area is 341 Å². The molecule has 10 aromatic carbocycles. The second-order valence-electron chi connectivity index (χ2n) is 15.4. The molecule has 12 rings (SSSR count). The molecule has 11 aromatic rings. The third-order valence-corrected chi connectivity index (χ3v) is 15.3. The smallest absolute Gasteiger partial charge is 0.175 e. The van der Waals surface area contributed by atoms with Gasteiger partial charge in [0.05, 0.1) is 22.0 Å². The standard InChI is InChI=1S/C55H35N2OP/c58-59(42-22-5-2-6-23-42)50-31-15-29-48-53(50)57(55(56-48)41-33-32-37-18-7-8-19-38(37)35-41)49-30-14-28-47(54(49)59)52-45-26-11-9-24-43(45)51(44-25-10-12-27-46(44)52)40-21-13-20-39(34-40)36-16-3-1-4-17-36/h1-35H. The maximum atomic E-state index is 16.9. The second-order valence-corrected chi connectivity index (χ2v) is 18.0. The van der Waals surface area contributed by atoms with Gasteiger partial charge in [-0.15, -0.1) is 0 Å². The molecule has 59 heavy (non-hydrogen) atoms. The van der Waals surface area contributed by atoms with Crippen molar-refractivity contribution in [1.29, 1.82) is 0 Å². The highest BCUT2D eigenvalue weighted by Gasteiger charge is 2.42. The molecule has 0 saturated heterocycles. The van der Waals surface area contributed by atoms with E-state index in [0.29, 0.717) is 0 Å². The first-order chi connectivity index (χ1) is 29.2. The van der Waals surface area contributed by atoms with Crippen LogP contribution in [0.3, 0.4) is 0 Å². The Bertz CT molecular complexity index is 3480. The van der Waals surface area contributed by atoms with Gasteiger partial charge in [-0.1, -0.05) is 182 Å². The van der Waals surface area contributed by atoms with E-state index < -0.39 is 7.14 Å². The summed E-state index contributed by atoms with van der Waals surface area (Å²) < 4.78 is 19.2. The van der Waals surface area contributed by atoms with Crippen LogP contribution in [-0.4, -0.2) is 9.55 Å². The number of rotatable bonds is 5. The molecule has 4 heteroatoms. The van der Waals surface area contributed by atoms with Crippen LogP contribution in [0.25, 0.3) is 93.8 Å². The summed E-state index contributed by atoms with van der Waals surface area (Å²) in [6.45, 7) is 0. The van der Waals surface area contributed by atoms with Crippen LogP contribution in [0.1, 0.15) is 0 Å². The molecule has 0 spiro atoms. The van der Waals surface area contributed by atoms with E-state index in [0.717, 1.165) is 87.6 Å². The Morgan fingerprint density at radius 2 is 1.02 bits per heavy atom. The molecule has 1 aromatic heterocycles. The van der Waals surface area contributed by atoms with Crippen molar-refractivity contribution in [2.24, 2.45) is 0 Å². The molecule has 0 saturated carbocycles. The van der Waals surface area contributed by atoms with Gasteiger partial charge >= 0.3 is 0 Å². The molecule has 2 heterocycles. The molecule has 0 radical (unpaired) electrons. The van der Waals surface area contributed by atoms with Crippen molar-refractivity contribution in [3.8, 4) is 50.5 Å². The Kier molecular flexibility index (Phi) is 7.51. The molecule has 1 aliphatic rings. The molecule has 1 aliphatic heterocycles. The molecule has 1 unspecified atom stereocenters. The average molecular weight is 771 g/mol. The molecular weight excluding hydrogens is 736 g/mol. The lowest BCUT2D eigenvalue weighted by atomic mass is 9.85. The van der Waals surface area contributed by atoms with Crippen LogP contribution in [0, 0.1) is 0 Å². The summed E-state index contributed by atoms with van der Waals surface area (Å²) in [6.07, 6.45) is 0. The van der Waals surface area contributed by atoms with E-state index in [2.05, 4.69) is 180 Å². The van der Waals surface area contributed by atoms with Gasteiger partial charge in [0.15, 0.2) is 7.14 Å². The van der Waals surface area contributed by atoms with E-state index in [-0.39, 0.29) is 0 Å². The van der Waals surface area contributed by atoms with E-state index in [4.69, 9.17) is 4.98 Å². The minimum absolute atomic E-state index is 0.809. The first kappa shape index (κ1) is 33.8. The topological polar surface area (TPSA) is 34.9 Å². The van der Waals surface area contributed by atoms with Crippen LogP contribution in [0.15, 0.2) is 212 Å². The molecule has 0 bridgehead atoms. The normalized spacial score (nSPS) is 14.6. The summed E-state index contributed by atoms with van der Waals surface area (Å²) in [4.78, 5) is 5.34. The van der Waals surface area contributed by atoms with Crippen molar-refractivity contribution in [3.05, 3.63) is 212 Å². The zero-order valence-corrected chi connectivity index (χ0v) is 32.9. The Morgan fingerprint density at radius 1 is 0.424 bits per heavy atom. The van der Waals surface area contributed by atoms with E-state index in [1.54, 1.807) is 0 Å². The van der Waals surface area contributed by atoms with Crippen molar-refractivity contribution >= 4 is 66.4 Å². The van der Waals surface area contributed by atoms with Gasteiger partial charge in [-0.3, -0.25) is 4.57 Å². The van der Waals surface area contributed by atoms with Crippen LogP contribution in [-0.2, 0) is 4.57 Å². The lowest BCUT2D eigenvalue weighted by molar-refractivity contribution is 0.592. The van der Waals surface area contributed by atoms with Gasteiger partial charge in [-0.05, 0) is 96.0 Å². The molecule has 3 nitrogen and oxygen atoms in total. The fourth-order valence-corrected chi connectivity index (χ4v) is 12.8. The molecule has 0 amide bonds. The number of hydrogen-bond acceptors (Lipinski definition) is 2. The largest absolute Gasteiger partial charge is 0.308 e. The number of para-hydroxylation sites is 1. The molecular formula is C55H35N2OP. The Morgan fingerprint density at radius 3 is 1.76 bits per heavy atom. The van der Waals surface area contributed by atoms with Gasteiger partial charge in [0.1, 0.15) is 5.82 Å². The highest BCUT2D eigenvalue weighted by molar-refractivity contribution is 7.86. The molecule has 1 atom stereocenters. The number of benzene rings is 10. The van der Waals surface area contributed by atoms with Crippen LogP contribution in [0.4, 0.5) is 0 Å². The highest BCUT2D eigenvalue weighted by atomic mass is 31.2. The lowest BCUT2D eigenvalue weighted by Crippen LogP contribution is -2.34. The summed E-state index contributed by atoms with van der Waals surface area (Å²) in [5.41, 5.74) is 10.4. The zero-order chi connectivity index (χ0) is 39.1. The molecule has 0 fully saturated rings. The zero-order valence-electron chi connectivity index (χ0n) is 32.0. The first-order valence-electron chi connectivity index (χ1n) is 20.1. The molecule has 276 valence electrons. The molecule has 0 N–H and O–H groups in total. The van der Waals surface area contributed by atoms with Gasteiger partial charge in [0.25, 0.3) is 0 Å². The Hall–Kier alpha value is -7.32. The summed E-state index contributed by atoms with van der Waals surface area (Å²) in [7, 11) is -3.51. The fourth-order valence-electron chi connectivity index (χ4n) is 9.60. The maximum absolute atomic E-state index is 16.9. The number of hydrogen-bond donors (Lipinski definition) is 0. The monoisotopic (exact) mass is 770 g/mol. The highest BCUT2D eigenvalue weighted by Crippen LogP contribution is 2.54. The number of fused-ring (bicyclic) bond motifs is 5. The third-order valence-electron chi connectivity index (χ3n) is 12.2. The quantitative estimate of drug-likeness (QED) is 0.129. The number of aromatic nitrogens is 2. The predicted octanol–water partition coefficient (Wildman–Crippen LogP) is 13.1. The van der Waals surface area contributed by atoms with E-state index in [9.17, 15) is 0 Å². The van der Waals surface area contributed by atoms with E-state index >= 15 is 4.57 Å². The summed E-state index contributed by atoms with van der Waals surface area (Å²) in [5, 5.41) is 9.31. The Balaban J connectivity index is 1.20. The van der Waals surface area contributed by atoms with E-state index in [1.165, 1.54) is 22.1 Å². The van der Waals surface area contributed by atoms with Gasteiger partial charge in [0.2, 0.25) is 0 Å². The minimum Gasteiger partial charge on any atom is -0.308 e. The molecule has 0 aliphatic carbocycles. The van der Waals surface area contributed by atoms with Gasteiger partial charge in [0, 0.05) is 16.2 Å². The van der Waals surface area contributed by atoms with Crippen molar-refractivity contribution in [1.82, 2.24) is 9.55 Å². The first-order valence-corrected chi connectivity index (χ1v) is 21.8.